The molecule has 34 heavy (non-hydrogen) atoms. The molecule has 1 atom stereocenters. The van der Waals surface area contributed by atoms with Crippen LogP contribution in [-0.4, -0.2) is 64.9 Å². The molecule has 2 aromatic rings. The summed E-state index contributed by atoms with van der Waals surface area (Å²) in [4.78, 5) is 14.7. The van der Waals surface area contributed by atoms with Gasteiger partial charge in [-0.05, 0) is 56.2 Å². The molecule has 0 radical (unpaired) electrons. The van der Waals surface area contributed by atoms with Gasteiger partial charge < -0.3 is 15.1 Å². The molecular weight excluding hydrogens is 446 g/mol. The molecule has 7 nitrogen and oxygen atoms in total. The zero-order valence-electron chi connectivity index (χ0n) is 19.8. The van der Waals surface area contributed by atoms with Crippen molar-refractivity contribution < 1.29 is 0 Å². The number of hydrogen-bond donors (Lipinski definition) is 2. The zero-order valence-corrected chi connectivity index (χ0v) is 20.6. The number of likely N-dealkylation sites (N-methyl/N-ethyl adjacent to an activating group) is 1. The maximum Gasteiger partial charge on any atom is 0.230 e. The van der Waals surface area contributed by atoms with Gasteiger partial charge in [-0.15, -0.1) is 0 Å². The van der Waals surface area contributed by atoms with Crippen molar-refractivity contribution in [2.45, 2.75) is 32.1 Å². The largest absolute Gasteiger partial charge is 0.354 e. The van der Waals surface area contributed by atoms with Gasteiger partial charge in [0.15, 0.2) is 5.82 Å². The van der Waals surface area contributed by atoms with Crippen molar-refractivity contribution in [2.24, 2.45) is 15.9 Å². The van der Waals surface area contributed by atoms with E-state index >= 15 is 0 Å². The Balaban J connectivity index is 1.44. The van der Waals surface area contributed by atoms with Crippen LogP contribution in [0.5, 0.6) is 0 Å². The van der Waals surface area contributed by atoms with Crippen LogP contribution < -0.4 is 5.32 Å². The van der Waals surface area contributed by atoms with Gasteiger partial charge in [0.1, 0.15) is 5.82 Å². The number of aromatic amines is 1. The van der Waals surface area contributed by atoms with Gasteiger partial charge in [-0.3, -0.25) is 5.10 Å². The molecule has 1 saturated heterocycles. The van der Waals surface area contributed by atoms with Gasteiger partial charge in [0.05, 0.1) is 0 Å². The monoisotopic (exact) mass is 477 g/mol. The van der Waals surface area contributed by atoms with Gasteiger partial charge in [-0.2, -0.15) is 10.1 Å². The average molecular weight is 478 g/mol. The van der Waals surface area contributed by atoms with Crippen molar-refractivity contribution in [1.82, 2.24) is 20.0 Å². The smallest absolute Gasteiger partial charge is 0.230 e. The Morgan fingerprint density at radius 2 is 1.91 bits per heavy atom. The number of guanidine groups is 1. The lowest BCUT2D eigenvalue weighted by molar-refractivity contribution is 0.184. The number of allylic oxidation sites excluding steroid dienone is 2. The van der Waals surface area contributed by atoms with Crippen LogP contribution in [0.25, 0.3) is 6.08 Å². The van der Waals surface area contributed by atoms with E-state index in [-0.39, 0.29) is 5.92 Å². The molecule has 2 fully saturated rings. The first-order chi connectivity index (χ1) is 16.5. The highest BCUT2D eigenvalue weighted by Crippen LogP contribution is 2.39. The third-order valence-corrected chi connectivity index (χ3v) is 6.83. The molecule has 3 heterocycles. The van der Waals surface area contributed by atoms with Crippen molar-refractivity contribution >= 4 is 35.2 Å². The molecule has 2 N–H and O–H groups in total. The van der Waals surface area contributed by atoms with Gasteiger partial charge in [0.25, 0.3) is 0 Å². The van der Waals surface area contributed by atoms with E-state index in [1.54, 1.807) is 0 Å². The highest BCUT2D eigenvalue weighted by Gasteiger charge is 2.26. The summed E-state index contributed by atoms with van der Waals surface area (Å²) in [7, 11) is 2.17. The summed E-state index contributed by atoms with van der Waals surface area (Å²) in [5.41, 5.74) is 3.20. The lowest BCUT2D eigenvalue weighted by atomic mass is 9.99. The minimum absolute atomic E-state index is 0.242. The molecule has 0 bridgehead atoms. The first kappa shape index (κ1) is 22.9. The second kappa shape index (κ2) is 10.2. The van der Waals surface area contributed by atoms with Gasteiger partial charge in [-0.1, -0.05) is 36.7 Å². The van der Waals surface area contributed by atoms with Crippen LogP contribution in [0.15, 0.2) is 58.3 Å². The lowest BCUT2D eigenvalue weighted by Crippen LogP contribution is -2.43. The van der Waals surface area contributed by atoms with Crippen LogP contribution in [0, 0.1) is 5.92 Å². The van der Waals surface area contributed by atoms with Crippen LogP contribution in [0.4, 0.5) is 5.82 Å². The third kappa shape index (κ3) is 5.77. The number of benzene rings is 1. The van der Waals surface area contributed by atoms with Crippen LogP contribution in [-0.2, 0) is 0 Å². The molecule has 1 aromatic heterocycles. The molecule has 3 aliphatic rings. The number of piperazine rings is 1. The van der Waals surface area contributed by atoms with Crippen LogP contribution in [0.3, 0.4) is 0 Å². The summed E-state index contributed by atoms with van der Waals surface area (Å²) in [6.07, 6.45) is 9.72. The number of rotatable bonds is 5. The summed E-state index contributed by atoms with van der Waals surface area (Å²) in [5.74, 6) is 3.17. The predicted molar refractivity (Wildman–Crippen MR) is 140 cm³/mol. The number of halogens is 1. The highest BCUT2D eigenvalue weighted by atomic mass is 35.5. The first-order valence-electron chi connectivity index (χ1n) is 12.1. The number of hydrogen-bond acceptors (Lipinski definition) is 6. The second-order valence-electron chi connectivity index (χ2n) is 9.46. The summed E-state index contributed by atoms with van der Waals surface area (Å²) in [6.45, 7) is 6.21. The van der Waals surface area contributed by atoms with Crippen molar-refractivity contribution in [2.75, 3.05) is 38.5 Å². The van der Waals surface area contributed by atoms with Crippen molar-refractivity contribution in [3.05, 3.63) is 64.6 Å². The summed E-state index contributed by atoms with van der Waals surface area (Å²) in [6, 6.07) is 9.92. The molecule has 2 aliphatic heterocycles. The SMILES string of the molecule is CC1C/C=C(N2CCN(C)CC2)/N=C(Nc2cc(C3CC3)[nH]n2)\N=C1\C=C\c1cccc(Cl)c1. The average Bonchev–Trinajstić information content (AvgIpc) is 3.57. The molecule has 1 aromatic carbocycles. The number of H-pyrrole nitrogens is 1. The van der Waals surface area contributed by atoms with E-state index in [2.05, 4.69) is 63.6 Å². The standard InChI is InChI=1S/C26H32ClN7/c1-18-6-11-25(34-14-12-33(2)13-15-34)30-26(29-24-17-23(31-32-24)20-8-9-20)28-22(18)10-7-19-4-3-5-21(27)16-19/h3-5,7,10-11,16-18,20H,6,8-9,12-15H2,1-2H3,(H2,29,30,31,32)/b10-7+,25-11-,28-22-. The maximum absolute atomic E-state index is 6.17. The van der Waals surface area contributed by atoms with E-state index in [1.165, 1.54) is 18.5 Å². The third-order valence-electron chi connectivity index (χ3n) is 6.59. The normalized spacial score (nSPS) is 26.7. The van der Waals surface area contributed by atoms with E-state index in [9.17, 15) is 0 Å². The van der Waals surface area contributed by atoms with Gasteiger partial charge in [0, 0.05) is 60.5 Å². The molecule has 5 rings (SSSR count). The van der Waals surface area contributed by atoms with Gasteiger partial charge in [0.2, 0.25) is 5.96 Å². The minimum atomic E-state index is 0.242. The quantitative estimate of drug-likeness (QED) is 0.636. The zero-order chi connectivity index (χ0) is 23.5. The van der Waals surface area contributed by atoms with Crippen molar-refractivity contribution in [3.63, 3.8) is 0 Å². The molecular formula is C26H32ClN7. The number of nitrogens with one attached hydrogen (secondary N) is 2. The molecule has 178 valence electrons. The number of aliphatic imine (C=N–C) groups is 2. The van der Waals surface area contributed by atoms with E-state index in [1.807, 2.05) is 24.3 Å². The van der Waals surface area contributed by atoms with Crippen LogP contribution in [0.1, 0.15) is 43.4 Å². The van der Waals surface area contributed by atoms with Gasteiger partial charge in [-0.25, -0.2) is 4.99 Å². The minimum Gasteiger partial charge on any atom is -0.354 e. The number of nitrogens with zero attached hydrogens (tertiary/aromatic N) is 5. The molecule has 1 saturated carbocycles. The maximum atomic E-state index is 6.17. The van der Waals surface area contributed by atoms with E-state index in [4.69, 9.17) is 21.6 Å². The predicted octanol–water partition coefficient (Wildman–Crippen LogP) is 4.99. The van der Waals surface area contributed by atoms with Crippen LogP contribution in [0.2, 0.25) is 5.02 Å². The van der Waals surface area contributed by atoms with E-state index in [0.717, 1.165) is 60.5 Å². The molecule has 0 amide bonds. The number of aromatic nitrogens is 2. The van der Waals surface area contributed by atoms with Crippen molar-refractivity contribution in [3.8, 4) is 0 Å². The van der Waals surface area contributed by atoms with Gasteiger partial charge >= 0.3 is 0 Å². The highest BCUT2D eigenvalue weighted by molar-refractivity contribution is 6.30. The lowest BCUT2D eigenvalue weighted by Gasteiger charge is -2.34. The molecule has 8 heteroatoms. The molecule has 0 spiro atoms. The Morgan fingerprint density at radius 3 is 2.68 bits per heavy atom. The summed E-state index contributed by atoms with van der Waals surface area (Å²) in [5, 5.41) is 11.7. The second-order valence-corrected chi connectivity index (χ2v) is 9.89. The summed E-state index contributed by atoms with van der Waals surface area (Å²) >= 11 is 6.17. The fourth-order valence-electron chi connectivity index (χ4n) is 4.22. The van der Waals surface area contributed by atoms with Crippen LogP contribution >= 0.6 is 11.6 Å². The Morgan fingerprint density at radius 1 is 1.09 bits per heavy atom. The van der Waals surface area contributed by atoms with E-state index < -0.39 is 0 Å². The Hall–Kier alpha value is -2.90. The van der Waals surface area contributed by atoms with Crippen molar-refractivity contribution in [1.29, 1.82) is 0 Å². The molecule has 1 unspecified atom stereocenters. The Labute approximate surface area is 206 Å². The fourth-order valence-corrected chi connectivity index (χ4v) is 4.42. The first-order valence-corrected chi connectivity index (χ1v) is 12.5. The fraction of sp³-hybridized carbons (Fsp3) is 0.423. The summed E-state index contributed by atoms with van der Waals surface area (Å²) < 4.78 is 0. The van der Waals surface area contributed by atoms with E-state index in [0.29, 0.717) is 11.9 Å². The topological polar surface area (TPSA) is 71.9 Å². The number of anilines is 1. The molecule has 1 aliphatic carbocycles. The Bertz CT molecular complexity index is 1130. The Kier molecular flexibility index (Phi) is 6.83.